The minimum absolute atomic E-state index is 0.634. The molecular formula is C8H7Cl. The summed E-state index contributed by atoms with van der Waals surface area (Å²) in [4.78, 5) is 0. The number of halogens is 1. The molecule has 1 rings (SSSR count). The highest BCUT2D eigenvalue weighted by Gasteiger charge is 1.91. The first-order valence-corrected chi connectivity index (χ1v) is 3.09. The molecule has 0 aliphatic rings. The lowest BCUT2D eigenvalue weighted by Gasteiger charge is -1.95. The van der Waals surface area contributed by atoms with E-state index < -0.39 is 0 Å². The molecular weight excluding hydrogens is 132 g/mol. The Kier molecular flexibility index (Phi) is 1.77. The first-order valence-electron chi connectivity index (χ1n) is 2.72. The average molecular weight is 139 g/mol. The van der Waals surface area contributed by atoms with Crippen LogP contribution in [0.2, 0.25) is 5.02 Å². The van der Waals surface area contributed by atoms with Gasteiger partial charge in [-0.15, -0.1) is 0 Å². The van der Waals surface area contributed by atoms with Gasteiger partial charge < -0.3 is 0 Å². The highest BCUT2D eigenvalue weighted by Crippen LogP contribution is 2.15. The van der Waals surface area contributed by atoms with Crippen molar-refractivity contribution in [3.8, 4) is 0 Å². The Bertz CT molecular complexity index is 216. The van der Waals surface area contributed by atoms with Crippen LogP contribution in [0.15, 0.2) is 18.2 Å². The quantitative estimate of drug-likeness (QED) is 0.517. The largest absolute Gasteiger partial charge is 0.0840 e. The topological polar surface area (TPSA) is 0 Å². The smallest absolute Gasteiger partial charge is 0.0443 e. The van der Waals surface area contributed by atoms with Gasteiger partial charge in [-0.1, -0.05) is 23.7 Å². The molecule has 1 heteroatoms. The molecule has 46 valence electrons. The van der Waals surface area contributed by atoms with Crippen LogP contribution in [-0.4, -0.2) is 0 Å². The third-order valence-corrected chi connectivity index (χ3v) is 1.48. The lowest BCUT2D eigenvalue weighted by Crippen LogP contribution is -1.75. The van der Waals surface area contributed by atoms with Crippen molar-refractivity contribution in [3.63, 3.8) is 0 Å². The van der Waals surface area contributed by atoms with Crippen molar-refractivity contribution in [3.05, 3.63) is 41.3 Å². The summed E-state index contributed by atoms with van der Waals surface area (Å²) in [5, 5.41) is 0.634. The van der Waals surface area contributed by atoms with Crippen molar-refractivity contribution in [2.24, 2.45) is 0 Å². The molecule has 0 nitrogen and oxygen atoms in total. The molecule has 0 aliphatic carbocycles. The Hall–Kier alpha value is -0.490. The third-order valence-electron chi connectivity index (χ3n) is 1.16. The Morgan fingerprint density at radius 1 is 1.44 bits per heavy atom. The van der Waals surface area contributed by atoms with Gasteiger partial charge in [0.15, 0.2) is 0 Å². The van der Waals surface area contributed by atoms with E-state index in [9.17, 15) is 0 Å². The SMILES string of the molecule is [CH]c1ccc(C)cc1Cl. The van der Waals surface area contributed by atoms with Crippen molar-refractivity contribution in [1.82, 2.24) is 0 Å². The monoisotopic (exact) mass is 138 g/mol. The van der Waals surface area contributed by atoms with E-state index in [0.29, 0.717) is 10.6 Å². The van der Waals surface area contributed by atoms with Gasteiger partial charge in [0.25, 0.3) is 0 Å². The van der Waals surface area contributed by atoms with Crippen molar-refractivity contribution >= 4 is 11.6 Å². The van der Waals surface area contributed by atoms with E-state index in [1.165, 1.54) is 0 Å². The molecule has 0 bridgehead atoms. The number of rotatable bonds is 0. The maximum absolute atomic E-state index is 5.69. The zero-order valence-corrected chi connectivity index (χ0v) is 5.94. The van der Waals surface area contributed by atoms with Crippen molar-refractivity contribution in [2.45, 2.75) is 6.92 Å². The van der Waals surface area contributed by atoms with E-state index in [1.54, 1.807) is 6.07 Å². The molecule has 1 aromatic rings. The molecule has 0 aliphatic heterocycles. The lowest BCUT2D eigenvalue weighted by molar-refractivity contribution is 1.45. The van der Waals surface area contributed by atoms with Crippen LogP contribution in [0.4, 0.5) is 0 Å². The van der Waals surface area contributed by atoms with Crippen molar-refractivity contribution in [2.75, 3.05) is 0 Å². The summed E-state index contributed by atoms with van der Waals surface area (Å²) in [5.41, 5.74) is 1.77. The molecule has 0 N–H and O–H groups in total. The molecule has 0 amide bonds. The van der Waals surface area contributed by atoms with Crippen LogP contribution in [-0.2, 0) is 0 Å². The van der Waals surface area contributed by atoms with E-state index in [0.717, 1.165) is 5.56 Å². The Morgan fingerprint density at radius 3 is 2.56 bits per heavy atom. The maximum Gasteiger partial charge on any atom is 0.0443 e. The van der Waals surface area contributed by atoms with Crippen molar-refractivity contribution in [1.29, 1.82) is 0 Å². The van der Waals surface area contributed by atoms with Crippen LogP contribution < -0.4 is 0 Å². The molecule has 0 saturated carbocycles. The summed E-state index contributed by atoms with van der Waals surface area (Å²) in [7, 11) is 0. The van der Waals surface area contributed by atoms with E-state index in [-0.39, 0.29) is 0 Å². The second kappa shape index (κ2) is 2.40. The van der Waals surface area contributed by atoms with Gasteiger partial charge in [0.2, 0.25) is 0 Å². The zero-order chi connectivity index (χ0) is 6.85. The minimum Gasteiger partial charge on any atom is -0.0840 e. The highest BCUT2D eigenvalue weighted by molar-refractivity contribution is 6.31. The number of aryl methyl sites for hydroxylation is 1. The van der Waals surface area contributed by atoms with E-state index in [2.05, 4.69) is 0 Å². The molecule has 1 aromatic carbocycles. The van der Waals surface area contributed by atoms with E-state index in [1.807, 2.05) is 19.1 Å². The third kappa shape index (κ3) is 1.46. The summed E-state index contributed by atoms with van der Waals surface area (Å²) in [5.74, 6) is 0. The number of hydrogen-bond donors (Lipinski definition) is 0. The van der Waals surface area contributed by atoms with Gasteiger partial charge >= 0.3 is 0 Å². The number of benzene rings is 1. The second-order valence-corrected chi connectivity index (χ2v) is 2.43. The van der Waals surface area contributed by atoms with Crippen LogP contribution in [0.1, 0.15) is 11.1 Å². The van der Waals surface area contributed by atoms with Gasteiger partial charge in [-0.3, -0.25) is 0 Å². The van der Waals surface area contributed by atoms with Crippen LogP contribution in [0.3, 0.4) is 0 Å². The minimum atomic E-state index is 0.634. The van der Waals surface area contributed by atoms with Crippen LogP contribution >= 0.6 is 11.6 Å². The van der Waals surface area contributed by atoms with Crippen LogP contribution in [0, 0.1) is 13.8 Å². The normalized spacial score (nSPS) is 9.67. The number of hydrogen-bond acceptors (Lipinski definition) is 0. The fraction of sp³-hybridized carbons (Fsp3) is 0.125. The molecule has 0 heterocycles. The highest BCUT2D eigenvalue weighted by atomic mass is 35.5. The maximum atomic E-state index is 5.69. The lowest BCUT2D eigenvalue weighted by atomic mass is 10.2. The van der Waals surface area contributed by atoms with Gasteiger partial charge in [0.05, 0.1) is 0 Å². The summed E-state index contributed by atoms with van der Waals surface area (Å²) in [6.45, 7) is 7.43. The summed E-state index contributed by atoms with van der Waals surface area (Å²) in [6.07, 6.45) is 0. The van der Waals surface area contributed by atoms with E-state index in [4.69, 9.17) is 18.5 Å². The standard InChI is InChI=1S/C8H7Cl/c1-6-3-4-7(2)8(9)5-6/h2-5H,1H3. The molecule has 0 fully saturated rings. The van der Waals surface area contributed by atoms with Crippen LogP contribution in [0.5, 0.6) is 0 Å². The predicted molar refractivity (Wildman–Crippen MR) is 39.6 cm³/mol. The first-order chi connectivity index (χ1) is 4.20. The summed E-state index contributed by atoms with van der Waals surface area (Å²) in [6, 6.07) is 5.58. The molecule has 0 spiro atoms. The Labute approximate surface area is 60.5 Å². The van der Waals surface area contributed by atoms with Gasteiger partial charge in [0.1, 0.15) is 0 Å². The molecule has 2 radical (unpaired) electrons. The Morgan fingerprint density at radius 2 is 2.11 bits per heavy atom. The molecule has 9 heavy (non-hydrogen) atoms. The fourth-order valence-electron chi connectivity index (χ4n) is 0.632. The zero-order valence-electron chi connectivity index (χ0n) is 5.19. The van der Waals surface area contributed by atoms with E-state index >= 15 is 0 Å². The molecule has 0 saturated heterocycles. The molecule has 0 aromatic heterocycles. The molecule has 0 atom stereocenters. The average Bonchev–Trinajstić information content (AvgIpc) is 1.80. The fourth-order valence-corrected chi connectivity index (χ4v) is 0.867. The first kappa shape index (κ1) is 6.63. The van der Waals surface area contributed by atoms with Crippen LogP contribution in [0.25, 0.3) is 0 Å². The second-order valence-electron chi connectivity index (χ2n) is 2.02. The van der Waals surface area contributed by atoms with Gasteiger partial charge in [-0.2, -0.15) is 0 Å². The van der Waals surface area contributed by atoms with Gasteiger partial charge in [-0.25, -0.2) is 0 Å². The van der Waals surface area contributed by atoms with Gasteiger partial charge in [-0.05, 0) is 24.1 Å². The van der Waals surface area contributed by atoms with Crippen molar-refractivity contribution < 1.29 is 0 Å². The predicted octanol–water partition coefficient (Wildman–Crippen LogP) is 2.71. The summed E-state index contributed by atoms with van der Waals surface area (Å²) < 4.78 is 0. The Balaban J connectivity index is 3.17. The summed E-state index contributed by atoms with van der Waals surface area (Å²) >= 11 is 5.69. The van der Waals surface area contributed by atoms with Gasteiger partial charge in [0, 0.05) is 11.9 Å². The molecule has 0 unspecified atom stereocenters.